The van der Waals surface area contributed by atoms with Crippen LogP contribution in [0.1, 0.15) is 26.7 Å². The zero-order valence-corrected chi connectivity index (χ0v) is 8.79. The Morgan fingerprint density at radius 2 is 2.31 bits per heavy atom. The third-order valence-electron chi connectivity index (χ3n) is 1.50. The highest BCUT2D eigenvalue weighted by atomic mass is 31.1. The smallest absolute Gasteiger partial charge is 0.316 e. The summed E-state index contributed by atoms with van der Waals surface area (Å²) >= 11 is 0. The Morgan fingerprint density at radius 3 is 2.69 bits per heavy atom. The molecular weight excluding hydrogens is 191 g/mol. The van der Waals surface area contributed by atoms with Gasteiger partial charge < -0.3 is 9.63 Å². The fourth-order valence-electron chi connectivity index (χ4n) is 0.967. The molecule has 0 fully saturated rings. The Bertz CT molecular complexity index is 187. The van der Waals surface area contributed by atoms with Gasteiger partial charge in [0, 0.05) is 0 Å². The fourth-order valence-corrected chi connectivity index (χ4v) is 1.55. The van der Waals surface area contributed by atoms with Gasteiger partial charge in [-0.15, -0.1) is 0 Å². The second kappa shape index (κ2) is 7.01. The fraction of sp³-hybridized carbons (Fsp3) is 0.750. The molecule has 0 radical (unpaired) electrons. The number of hydrogen-bond acceptors (Lipinski definition) is 4. The van der Waals surface area contributed by atoms with Gasteiger partial charge in [0.1, 0.15) is 11.7 Å². The van der Waals surface area contributed by atoms with Crippen molar-refractivity contribution in [1.82, 2.24) is 0 Å². The van der Waals surface area contributed by atoms with Crippen molar-refractivity contribution in [3.8, 4) is 0 Å². The summed E-state index contributed by atoms with van der Waals surface area (Å²) in [4.78, 5) is 30.3. The van der Waals surface area contributed by atoms with E-state index in [1.54, 1.807) is 6.92 Å². The lowest BCUT2D eigenvalue weighted by Gasteiger charge is -2.07. The van der Waals surface area contributed by atoms with E-state index in [0.717, 1.165) is 12.2 Å². The second-order valence-corrected chi connectivity index (χ2v) is 3.50. The first kappa shape index (κ1) is 12.6. The van der Waals surface area contributed by atoms with Crippen LogP contribution in [0.2, 0.25) is 0 Å². The molecule has 0 heterocycles. The summed E-state index contributed by atoms with van der Waals surface area (Å²) in [5.74, 6) is 0.178. The maximum atomic E-state index is 11.2. The molecule has 0 aliphatic carbocycles. The molecule has 0 aliphatic rings. The summed E-state index contributed by atoms with van der Waals surface area (Å²) in [7, 11) is -2.37. The van der Waals surface area contributed by atoms with Gasteiger partial charge in [-0.05, 0) is 13.3 Å². The van der Waals surface area contributed by atoms with Crippen LogP contribution in [-0.4, -0.2) is 23.3 Å². The van der Waals surface area contributed by atoms with E-state index in [4.69, 9.17) is 9.63 Å². The minimum Gasteiger partial charge on any atom is -0.603 e. The Kier molecular flexibility index (Phi) is 6.77. The van der Waals surface area contributed by atoms with Gasteiger partial charge in [0.25, 0.3) is 0 Å². The van der Waals surface area contributed by atoms with Gasteiger partial charge in [-0.25, -0.2) is 0 Å². The van der Waals surface area contributed by atoms with E-state index in [-0.39, 0.29) is 0 Å². The molecule has 4 nitrogen and oxygen atoms in total. The van der Waals surface area contributed by atoms with Crippen LogP contribution in [0.4, 0.5) is 0 Å². The maximum absolute atomic E-state index is 11.2. The predicted octanol–water partition coefficient (Wildman–Crippen LogP) is 0.433. The molecule has 0 aliphatic heterocycles. The van der Waals surface area contributed by atoms with E-state index in [1.165, 1.54) is 0 Å². The maximum Gasteiger partial charge on any atom is 0.316 e. The highest BCUT2D eigenvalue weighted by molar-refractivity contribution is 7.43. The number of rotatable bonds is 5. The average molecular weight is 206 g/mol. The largest absolute Gasteiger partial charge is 0.603 e. The molecule has 0 bridgehead atoms. The molecule has 2 atom stereocenters. The third kappa shape index (κ3) is 5.75. The van der Waals surface area contributed by atoms with E-state index in [2.05, 4.69) is 0 Å². The molecule has 1 N–H and O–H groups in total. The van der Waals surface area contributed by atoms with Crippen molar-refractivity contribution in [2.45, 2.75) is 26.7 Å². The van der Waals surface area contributed by atoms with Crippen LogP contribution in [-0.2, 0) is 9.53 Å². The SMILES string of the molecule is CCCC(/C=[P+](/[O-])O)C(=O)OCC. The lowest BCUT2D eigenvalue weighted by Crippen LogP contribution is -2.19. The second-order valence-electron chi connectivity index (χ2n) is 2.60. The molecule has 0 spiro atoms. The Hall–Kier alpha value is -0.440. The molecular formula is C8H15O4P. The summed E-state index contributed by atoms with van der Waals surface area (Å²) in [6.07, 6.45) is 1.34. The van der Waals surface area contributed by atoms with Crippen LogP contribution in [0.3, 0.4) is 0 Å². The molecule has 76 valence electrons. The minimum absolute atomic E-state index is 0.301. The molecule has 0 amide bonds. The van der Waals surface area contributed by atoms with Crippen molar-refractivity contribution in [1.29, 1.82) is 0 Å². The molecule has 0 aromatic rings. The molecule has 0 aromatic carbocycles. The van der Waals surface area contributed by atoms with Gasteiger partial charge in [-0.2, -0.15) is 4.89 Å². The van der Waals surface area contributed by atoms with Crippen molar-refractivity contribution in [3.05, 3.63) is 0 Å². The van der Waals surface area contributed by atoms with E-state index in [0.29, 0.717) is 13.0 Å². The summed E-state index contributed by atoms with van der Waals surface area (Å²) in [5.41, 5.74) is 0. The Morgan fingerprint density at radius 1 is 1.69 bits per heavy atom. The molecule has 13 heavy (non-hydrogen) atoms. The zero-order chi connectivity index (χ0) is 10.3. The highest BCUT2D eigenvalue weighted by Crippen LogP contribution is 2.12. The van der Waals surface area contributed by atoms with Gasteiger partial charge >= 0.3 is 5.97 Å². The monoisotopic (exact) mass is 206 g/mol. The molecule has 0 saturated carbocycles. The normalized spacial score (nSPS) is 14.0. The van der Waals surface area contributed by atoms with E-state index < -0.39 is 19.9 Å². The first-order valence-electron chi connectivity index (χ1n) is 4.28. The Balaban J connectivity index is 4.23. The quantitative estimate of drug-likeness (QED) is 0.523. The highest BCUT2D eigenvalue weighted by Gasteiger charge is 2.19. The number of carbonyl (C=O) groups is 1. The zero-order valence-electron chi connectivity index (χ0n) is 7.90. The lowest BCUT2D eigenvalue weighted by atomic mass is 10.1. The van der Waals surface area contributed by atoms with Crippen molar-refractivity contribution < 1.29 is 19.3 Å². The first-order valence-corrected chi connectivity index (χ1v) is 5.56. The summed E-state index contributed by atoms with van der Waals surface area (Å²) in [5, 5.41) is 0. The van der Waals surface area contributed by atoms with Gasteiger partial charge in [0.05, 0.1) is 6.61 Å². The lowest BCUT2D eigenvalue weighted by molar-refractivity contribution is -0.168. The van der Waals surface area contributed by atoms with Crippen molar-refractivity contribution in [2.24, 2.45) is 5.92 Å². The van der Waals surface area contributed by atoms with Crippen molar-refractivity contribution in [3.63, 3.8) is 0 Å². The third-order valence-corrected chi connectivity index (χ3v) is 2.11. The van der Waals surface area contributed by atoms with Crippen LogP contribution < -0.4 is 4.89 Å². The van der Waals surface area contributed by atoms with Crippen LogP contribution in [0, 0.1) is 5.92 Å². The van der Waals surface area contributed by atoms with Crippen LogP contribution in [0.5, 0.6) is 0 Å². The number of esters is 1. The molecule has 0 rings (SSSR count). The van der Waals surface area contributed by atoms with Gasteiger partial charge in [-0.1, -0.05) is 13.3 Å². The average Bonchev–Trinajstić information content (AvgIpc) is 2.03. The van der Waals surface area contributed by atoms with Crippen LogP contribution >= 0.6 is 8.00 Å². The summed E-state index contributed by atoms with van der Waals surface area (Å²) in [6, 6.07) is 0. The molecule has 2 unspecified atom stereocenters. The molecule has 0 aromatic heterocycles. The van der Waals surface area contributed by atoms with Gasteiger partial charge in [0.15, 0.2) is 0 Å². The van der Waals surface area contributed by atoms with Crippen LogP contribution in [0.15, 0.2) is 0 Å². The van der Waals surface area contributed by atoms with E-state index >= 15 is 0 Å². The standard InChI is InChI=1S/C8H15O4P/c1-3-5-7(6-13(10)11)8(9)12-4-2/h6-7H,3-5H2,1-2H3,(H,10,11). The molecule has 0 saturated heterocycles. The van der Waals surface area contributed by atoms with Gasteiger partial charge in [-0.3, -0.25) is 4.79 Å². The Labute approximate surface area is 79.1 Å². The minimum atomic E-state index is -2.37. The number of hydrogen-bond donors (Lipinski definition) is 1. The van der Waals surface area contributed by atoms with Crippen molar-refractivity contribution >= 4 is 19.8 Å². The summed E-state index contributed by atoms with van der Waals surface area (Å²) in [6.45, 7) is 3.92. The number of carbonyl (C=O) groups excluding carboxylic acids is 1. The van der Waals surface area contributed by atoms with Gasteiger partial charge in [0.2, 0.25) is 8.00 Å². The van der Waals surface area contributed by atoms with E-state index in [1.807, 2.05) is 6.92 Å². The topological polar surface area (TPSA) is 69.6 Å². The predicted molar refractivity (Wildman–Crippen MR) is 50.2 cm³/mol. The summed E-state index contributed by atoms with van der Waals surface area (Å²) < 4.78 is 4.75. The van der Waals surface area contributed by atoms with Crippen molar-refractivity contribution in [2.75, 3.05) is 6.61 Å². The first-order chi connectivity index (χ1) is 6.11. The molecule has 5 heteroatoms. The van der Waals surface area contributed by atoms with E-state index in [9.17, 15) is 9.69 Å². The van der Waals surface area contributed by atoms with Crippen LogP contribution in [0.25, 0.3) is 0 Å². The number of ether oxygens (including phenoxy) is 1.